The van der Waals surface area contributed by atoms with Crippen LogP contribution in [-0.2, 0) is 0 Å². The molecule has 0 amide bonds. The summed E-state index contributed by atoms with van der Waals surface area (Å²) in [4.78, 5) is 14.6. The van der Waals surface area contributed by atoms with Crippen LogP contribution in [0, 0.1) is 11.6 Å². The van der Waals surface area contributed by atoms with E-state index in [1.165, 1.54) is 12.1 Å². The molecule has 0 aliphatic carbocycles. The molecule has 0 atom stereocenters. The van der Waals surface area contributed by atoms with Gasteiger partial charge in [-0.2, -0.15) is 0 Å². The topological polar surface area (TPSA) is 62.2 Å². The van der Waals surface area contributed by atoms with Gasteiger partial charge in [-0.15, -0.1) is 0 Å². The number of aromatic carboxylic acids is 1. The van der Waals surface area contributed by atoms with Crippen molar-refractivity contribution in [3.8, 4) is 0 Å². The molecular weight excluding hydrogens is 278 g/mol. The van der Waals surface area contributed by atoms with Crippen molar-refractivity contribution in [1.82, 2.24) is 4.98 Å². The maximum absolute atomic E-state index is 13.2. The van der Waals surface area contributed by atoms with Crippen LogP contribution in [0.15, 0.2) is 30.5 Å². The molecule has 2 rings (SSSR count). The number of nitrogens with zero attached hydrogens (tertiary/aromatic N) is 1. The third-order valence-electron chi connectivity index (χ3n) is 2.27. The van der Waals surface area contributed by atoms with Crippen molar-refractivity contribution in [2.24, 2.45) is 0 Å². The second kappa shape index (κ2) is 5.19. The Morgan fingerprint density at radius 1 is 1.32 bits per heavy atom. The summed E-state index contributed by atoms with van der Waals surface area (Å²) in [7, 11) is 0. The Bertz CT molecular complexity index is 650. The van der Waals surface area contributed by atoms with Gasteiger partial charge in [0.25, 0.3) is 0 Å². The molecule has 0 saturated heterocycles. The zero-order valence-electron chi connectivity index (χ0n) is 9.32. The normalized spacial score (nSPS) is 10.3. The number of nitrogens with one attached hydrogen (secondary N) is 1. The molecule has 0 spiro atoms. The van der Waals surface area contributed by atoms with Gasteiger partial charge < -0.3 is 10.4 Å². The van der Waals surface area contributed by atoms with Crippen LogP contribution in [0.2, 0.25) is 5.02 Å². The fraction of sp³-hybridized carbons (Fsp3) is 0. The van der Waals surface area contributed by atoms with Crippen molar-refractivity contribution >= 4 is 29.1 Å². The van der Waals surface area contributed by atoms with Crippen molar-refractivity contribution in [3.63, 3.8) is 0 Å². The average Bonchev–Trinajstić information content (AvgIpc) is 2.36. The zero-order valence-corrected chi connectivity index (χ0v) is 10.1. The average molecular weight is 285 g/mol. The smallest absolute Gasteiger partial charge is 0.339 e. The summed E-state index contributed by atoms with van der Waals surface area (Å²) in [6, 6.07) is 4.66. The third kappa shape index (κ3) is 2.97. The number of aromatic nitrogens is 1. The Hall–Kier alpha value is -2.21. The number of halogens is 3. The standard InChI is InChI=1S/C12H7ClF2N2O2/c13-9-2-1-7(4-10(9)15)17-11-8(12(18)19)3-6(14)5-16-11/h1-5H,(H,16,17)(H,18,19). The first-order valence-electron chi connectivity index (χ1n) is 5.08. The summed E-state index contributed by atoms with van der Waals surface area (Å²) in [5.41, 5.74) is -0.0983. The Morgan fingerprint density at radius 2 is 2.05 bits per heavy atom. The van der Waals surface area contributed by atoms with E-state index < -0.39 is 17.6 Å². The molecule has 1 aromatic heterocycles. The van der Waals surface area contributed by atoms with E-state index in [4.69, 9.17) is 16.7 Å². The number of rotatable bonds is 3. The number of anilines is 2. The summed E-state index contributed by atoms with van der Waals surface area (Å²) in [5, 5.41) is 11.5. The first-order chi connectivity index (χ1) is 8.97. The minimum absolute atomic E-state index is 0.0592. The summed E-state index contributed by atoms with van der Waals surface area (Å²) in [6.45, 7) is 0. The van der Waals surface area contributed by atoms with Crippen LogP contribution in [0.4, 0.5) is 20.3 Å². The van der Waals surface area contributed by atoms with Gasteiger partial charge in [0.1, 0.15) is 23.0 Å². The maximum Gasteiger partial charge on any atom is 0.339 e. The Balaban J connectivity index is 2.37. The fourth-order valence-electron chi connectivity index (χ4n) is 1.41. The number of benzene rings is 1. The van der Waals surface area contributed by atoms with Crippen molar-refractivity contribution < 1.29 is 18.7 Å². The van der Waals surface area contributed by atoms with Crippen LogP contribution in [0.25, 0.3) is 0 Å². The minimum atomic E-state index is -1.34. The van der Waals surface area contributed by atoms with E-state index in [0.717, 1.165) is 18.3 Å². The lowest BCUT2D eigenvalue weighted by atomic mass is 10.2. The van der Waals surface area contributed by atoms with Crippen LogP contribution in [-0.4, -0.2) is 16.1 Å². The molecule has 0 fully saturated rings. The van der Waals surface area contributed by atoms with Crippen LogP contribution >= 0.6 is 11.6 Å². The molecule has 2 N–H and O–H groups in total. The lowest BCUT2D eigenvalue weighted by Gasteiger charge is -2.08. The van der Waals surface area contributed by atoms with Crippen LogP contribution in [0.1, 0.15) is 10.4 Å². The minimum Gasteiger partial charge on any atom is -0.478 e. The van der Waals surface area contributed by atoms with E-state index in [-0.39, 0.29) is 22.1 Å². The van der Waals surface area contributed by atoms with Gasteiger partial charge in [-0.25, -0.2) is 18.6 Å². The molecule has 2 aromatic rings. The summed E-state index contributed by atoms with van der Waals surface area (Å²) < 4.78 is 26.2. The first-order valence-corrected chi connectivity index (χ1v) is 5.46. The molecule has 1 aromatic carbocycles. The molecule has 98 valence electrons. The highest BCUT2D eigenvalue weighted by atomic mass is 35.5. The number of hydrogen-bond donors (Lipinski definition) is 2. The number of pyridine rings is 1. The molecule has 0 aliphatic rings. The Kier molecular flexibility index (Phi) is 3.62. The van der Waals surface area contributed by atoms with Gasteiger partial charge in [0.15, 0.2) is 0 Å². The Morgan fingerprint density at radius 3 is 2.68 bits per heavy atom. The first kappa shape index (κ1) is 13.2. The highest BCUT2D eigenvalue weighted by Gasteiger charge is 2.13. The van der Waals surface area contributed by atoms with Gasteiger partial charge in [0.2, 0.25) is 0 Å². The van der Waals surface area contributed by atoms with E-state index >= 15 is 0 Å². The van der Waals surface area contributed by atoms with E-state index in [1.807, 2.05) is 0 Å². The van der Waals surface area contributed by atoms with Crippen LogP contribution < -0.4 is 5.32 Å². The molecule has 0 radical (unpaired) electrons. The SMILES string of the molecule is O=C(O)c1cc(F)cnc1Nc1ccc(Cl)c(F)c1. The predicted octanol–water partition coefficient (Wildman–Crippen LogP) is 3.46. The highest BCUT2D eigenvalue weighted by molar-refractivity contribution is 6.30. The van der Waals surface area contributed by atoms with Crippen molar-refractivity contribution in [3.05, 3.63) is 52.7 Å². The third-order valence-corrected chi connectivity index (χ3v) is 2.57. The van der Waals surface area contributed by atoms with Crippen LogP contribution in [0.3, 0.4) is 0 Å². The largest absolute Gasteiger partial charge is 0.478 e. The molecule has 1 heterocycles. The summed E-state index contributed by atoms with van der Waals surface area (Å²) in [6.07, 6.45) is 0.862. The highest BCUT2D eigenvalue weighted by Crippen LogP contribution is 2.23. The zero-order chi connectivity index (χ0) is 14.0. The molecule has 0 aliphatic heterocycles. The molecule has 19 heavy (non-hydrogen) atoms. The number of carboxylic acid groups (broad SMARTS) is 1. The van der Waals surface area contributed by atoms with Gasteiger partial charge in [-0.05, 0) is 24.3 Å². The van der Waals surface area contributed by atoms with Crippen molar-refractivity contribution in [2.45, 2.75) is 0 Å². The van der Waals surface area contributed by atoms with Gasteiger partial charge in [0, 0.05) is 5.69 Å². The molecule has 7 heteroatoms. The second-order valence-electron chi connectivity index (χ2n) is 3.61. The Labute approximate surface area is 111 Å². The number of hydrogen-bond acceptors (Lipinski definition) is 3. The van der Waals surface area contributed by atoms with Gasteiger partial charge in [-0.3, -0.25) is 0 Å². The molecule has 0 bridgehead atoms. The van der Waals surface area contributed by atoms with E-state index in [0.29, 0.717) is 0 Å². The number of carboxylic acids is 1. The van der Waals surface area contributed by atoms with Crippen LogP contribution in [0.5, 0.6) is 0 Å². The van der Waals surface area contributed by atoms with Crippen molar-refractivity contribution in [2.75, 3.05) is 5.32 Å². The fourth-order valence-corrected chi connectivity index (χ4v) is 1.53. The molecule has 0 unspecified atom stereocenters. The quantitative estimate of drug-likeness (QED) is 0.906. The predicted molar refractivity (Wildman–Crippen MR) is 65.8 cm³/mol. The summed E-state index contributed by atoms with van der Waals surface area (Å²) >= 11 is 5.52. The second-order valence-corrected chi connectivity index (χ2v) is 4.02. The maximum atomic E-state index is 13.2. The van der Waals surface area contributed by atoms with Crippen molar-refractivity contribution in [1.29, 1.82) is 0 Å². The van der Waals surface area contributed by atoms with E-state index in [1.54, 1.807) is 0 Å². The van der Waals surface area contributed by atoms with Gasteiger partial charge in [-0.1, -0.05) is 11.6 Å². The molecular formula is C12H7ClF2N2O2. The lowest BCUT2D eigenvalue weighted by Crippen LogP contribution is -2.05. The molecule has 0 saturated carbocycles. The van der Waals surface area contributed by atoms with Gasteiger partial charge in [0.05, 0.1) is 11.2 Å². The van der Waals surface area contributed by atoms with E-state index in [9.17, 15) is 13.6 Å². The van der Waals surface area contributed by atoms with E-state index in [2.05, 4.69) is 10.3 Å². The lowest BCUT2D eigenvalue weighted by molar-refractivity contribution is 0.0697. The van der Waals surface area contributed by atoms with Gasteiger partial charge >= 0.3 is 5.97 Å². The molecule has 4 nitrogen and oxygen atoms in total. The monoisotopic (exact) mass is 284 g/mol. The number of carbonyl (C=O) groups is 1. The summed E-state index contributed by atoms with van der Waals surface area (Å²) in [5.74, 6) is -2.87.